The van der Waals surface area contributed by atoms with Crippen LogP contribution in [0, 0.1) is 6.92 Å². The lowest BCUT2D eigenvalue weighted by atomic mass is 10.3. The Hall–Kier alpha value is -0.810. The molecular formula is C8H10ClNO3S. The zero-order valence-corrected chi connectivity index (χ0v) is 9.18. The van der Waals surface area contributed by atoms with Gasteiger partial charge in [-0.05, 0) is 18.6 Å². The molecular weight excluding hydrogens is 226 g/mol. The number of aromatic nitrogens is 1. The molecule has 1 rings (SSSR count). The molecule has 0 aliphatic carbocycles. The lowest BCUT2D eigenvalue weighted by molar-refractivity contribution is 0.338. The maximum atomic E-state index is 10.6. The third-order valence-electron chi connectivity index (χ3n) is 1.58. The summed E-state index contributed by atoms with van der Waals surface area (Å²) in [5.41, 5.74) is 0.909. The largest absolute Gasteiger partial charge is 0.491 e. The molecule has 78 valence electrons. The van der Waals surface area contributed by atoms with E-state index in [0.717, 1.165) is 5.56 Å². The Morgan fingerprint density at radius 2 is 2.29 bits per heavy atom. The quantitative estimate of drug-likeness (QED) is 0.739. The molecule has 0 fully saturated rings. The first-order valence-electron chi connectivity index (χ1n) is 3.95. The first-order chi connectivity index (χ1) is 6.49. The van der Waals surface area contributed by atoms with Crippen molar-refractivity contribution < 1.29 is 13.2 Å². The summed E-state index contributed by atoms with van der Waals surface area (Å²) >= 11 is 0. The second-order valence-corrected chi connectivity index (χ2v) is 5.63. The van der Waals surface area contributed by atoms with Crippen molar-refractivity contribution >= 4 is 19.7 Å². The Kier molecular flexibility index (Phi) is 3.71. The van der Waals surface area contributed by atoms with Gasteiger partial charge in [0.05, 0.1) is 11.9 Å². The Labute approximate surface area is 87.3 Å². The van der Waals surface area contributed by atoms with E-state index in [-0.39, 0.29) is 12.4 Å². The van der Waals surface area contributed by atoms with Crippen LogP contribution < -0.4 is 4.74 Å². The van der Waals surface area contributed by atoms with Gasteiger partial charge in [0.2, 0.25) is 9.05 Å². The van der Waals surface area contributed by atoms with Crippen molar-refractivity contribution in [2.45, 2.75) is 6.92 Å². The van der Waals surface area contributed by atoms with Crippen molar-refractivity contribution in [2.24, 2.45) is 0 Å². The second kappa shape index (κ2) is 4.61. The van der Waals surface area contributed by atoms with Gasteiger partial charge in [0.15, 0.2) is 0 Å². The Balaban J connectivity index is 2.51. The van der Waals surface area contributed by atoms with Crippen LogP contribution in [0.2, 0.25) is 0 Å². The molecule has 14 heavy (non-hydrogen) atoms. The summed E-state index contributed by atoms with van der Waals surface area (Å²) in [7, 11) is 1.54. The lowest BCUT2D eigenvalue weighted by Gasteiger charge is -2.06. The second-order valence-electron chi connectivity index (χ2n) is 2.73. The van der Waals surface area contributed by atoms with Crippen molar-refractivity contribution in [3.8, 4) is 5.75 Å². The molecule has 0 unspecified atom stereocenters. The average Bonchev–Trinajstić information content (AvgIpc) is 2.06. The van der Waals surface area contributed by atoms with Crippen LogP contribution >= 0.6 is 10.7 Å². The summed E-state index contributed by atoms with van der Waals surface area (Å²) in [6, 6.07) is 1.78. The molecule has 0 saturated carbocycles. The smallest absolute Gasteiger partial charge is 0.235 e. The van der Waals surface area contributed by atoms with Crippen molar-refractivity contribution in [1.82, 2.24) is 4.98 Å². The number of halogens is 1. The minimum absolute atomic E-state index is 0.0400. The molecule has 4 nitrogen and oxygen atoms in total. The summed E-state index contributed by atoms with van der Waals surface area (Å²) in [6.45, 7) is 1.89. The van der Waals surface area contributed by atoms with Gasteiger partial charge in [-0.2, -0.15) is 0 Å². The van der Waals surface area contributed by atoms with Crippen LogP contribution in [0.25, 0.3) is 0 Å². The zero-order chi connectivity index (χ0) is 10.6. The molecule has 0 spiro atoms. The molecule has 0 aliphatic heterocycles. The maximum absolute atomic E-state index is 10.6. The van der Waals surface area contributed by atoms with E-state index >= 15 is 0 Å². The highest BCUT2D eigenvalue weighted by Crippen LogP contribution is 2.14. The molecule has 6 heteroatoms. The maximum Gasteiger partial charge on any atom is 0.235 e. The summed E-state index contributed by atoms with van der Waals surface area (Å²) in [5, 5.41) is 0. The Morgan fingerprint density at radius 1 is 1.57 bits per heavy atom. The van der Waals surface area contributed by atoms with Crippen LogP contribution in [0.1, 0.15) is 5.56 Å². The molecule has 0 radical (unpaired) electrons. The fraction of sp³-hybridized carbons (Fsp3) is 0.375. The van der Waals surface area contributed by atoms with Gasteiger partial charge in [-0.1, -0.05) is 0 Å². The normalized spacial score (nSPS) is 11.3. The van der Waals surface area contributed by atoms with Gasteiger partial charge < -0.3 is 4.74 Å². The fourth-order valence-corrected chi connectivity index (χ4v) is 1.32. The van der Waals surface area contributed by atoms with Gasteiger partial charge in [-0.3, -0.25) is 4.98 Å². The van der Waals surface area contributed by atoms with Crippen molar-refractivity contribution in [3.63, 3.8) is 0 Å². The molecule has 0 amide bonds. The predicted octanol–water partition coefficient (Wildman–Crippen LogP) is 1.34. The van der Waals surface area contributed by atoms with E-state index in [2.05, 4.69) is 4.98 Å². The molecule has 0 N–H and O–H groups in total. The van der Waals surface area contributed by atoms with Crippen LogP contribution in [0.15, 0.2) is 18.5 Å². The highest BCUT2D eigenvalue weighted by molar-refractivity contribution is 8.13. The minimum Gasteiger partial charge on any atom is -0.491 e. The zero-order valence-electron chi connectivity index (χ0n) is 7.60. The summed E-state index contributed by atoms with van der Waals surface area (Å²) in [4.78, 5) is 3.85. The van der Waals surface area contributed by atoms with Crippen LogP contribution in [-0.2, 0) is 9.05 Å². The van der Waals surface area contributed by atoms with E-state index < -0.39 is 9.05 Å². The summed E-state index contributed by atoms with van der Waals surface area (Å²) in [6.07, 6.45) is 3.18. The molecule has 0 saturated heterocycles. The van der Waals surface area contributed by atoms with Gasteiger partial charge >= 0.3 is 0 Å². The average molecular weight is 236 g/mol. The van der Waals surface area contributed by atoms with Gasteiger partial charge in [-0.15, -0.1) is 0 Å². The number of hydrogen-bond donors (Lipinski definition) is 0. The van der Waals surface area contributed by atoms with Gasteiger partial charge in [0.1, 0.15) is 12.4 Å². The minimum atomic E-state index is -3.48. The number of aryl methyl sites for hydroxylation is 1. The number of ether oxygens (including phenoxy) is 1. The number of hydrogen-bond acceptors (Lipinski definition) is 4. The van der Waals surface area contributed by atoms with E-state index in [0.29, 0.717) is 5.75 Å². The molecule has 1 aromatic heterocycles. The molecule has 0 atom stereocenters. The van der Waals surface area contributed by atoms with Gasteiger partial charge in [0, 0.05) is 16.9 Å². The Bertz CT molecular complexity index is 405. The Morgan fingerprint density at radius 3 is 2.86 bits per heavy atom. The van der Waals surface area contributed by atoms with Gasteiger partial charge in [0.25, 0.3) is 0 Å². The van der Waals surface area contributed by atoms with Crippen molar-refractivity contribution in [1.29, 1.82) is 0 Å². The van der Waals surface area contributed by atoms with Crippen LogP contribution in [-0.4, -0.2) is 25.8 Å². The summed E-state index contributed by atoms with van der Waals surface area (Å²) in [5.74, 6) is 0.371. The molecule has 1 heterocycles. The highest BCUT2D eigenvalue weighted by Gasteiger charge is 2.06. The fourth-order valence-electron chi connectivity index (χ4n) is 0.852. The van der Waals surface area contributed by atoms with Crippen molar-refractivity contribution in [3.05, 3.63) is 24.0 Å². The number of nitrogens with zero attached hydrogens (tertiary/aromatic N) is 1. The molecule has 1 aromatic rings. The van der Waals surface area contributed by atoms with Crippen LogP contribution in [0.3, 0.4) is 0 Å². The standard InChI is InChI=1S/C8H10ClNO3S/c1-7-2-3-10-6-8(7)13-4-5-14(9,11)12/h2-3,6H,4-5H2,1H3. The van der Waals surface area contributed by atoms with E-state index in [4.69, 9.17) is 15.4 Å². The monoisotopic (exact) mass is 235 g/mol. The number of pyridine rings is 1. The van der Waals surface area contributed by atoms with E-state index in [1.54, 1.807) is 12.3 Å². The van der Waals surface area contributed by atoms with E-state index in [9.17, 15) is 8.42 Å². The topological polar surface area (TPSA) is 56.3 Å². The molecule has 0 aromatic carbocycles. The van der Waals surface area contributed by atoms with Crippen LogP contribution in [0.4, 0.5) is 0 Å². The van der Waals surface area contributed by atoms with Crippen molar-refractivity contribution in [2.75, 3.05) is 12.4 Å². The van der Waals surface area contributed by atoms with Gasteiger partial charge in [-0.25, -0.2) is 8.42 Å². The SMILES string of the molecule is Cc1ccncc1OCCS(=O)(=O)Cl. The first-order valence-corrected chi connectivity index (χ1v) is 6.42. The molecule has 0 bridgehead atoms. The lowest BCUT2D eigenvalue weighted by Crippen LogP contribution is -2.09. The first kappa shape index (κ1) is 11.3. The predicted molar refractivity (Wildman–Crippen MR) is 54.1 cm³/mol. The number of rotatable bonds is 4. The van der Waals surface area contributed by atoms with Crippen LogP contribution in [0.5, 0.6) is 5.75 Å². The summed E-state index contributed by atoms with van der Waals surface area (Å²) < 4.78 is 26.3. The van der Waals surface area contributed by atoms with E-state index in [1.807, 2.05) is 6.92 Å². The highest BCUT2D eigenvalue weighted by atomic mass is 35.7. The third-order valence-corrected chi connectivity index (χ3v) is 2.69. The molecule has 0 aliphatic rings. The third kappa shape index (κ3) is 3.93. The van der Waals surface area contributed by atoms with E-state index in [1.165, 1.54) is 6.20 Å².